The third-order valence-electron chi connectivity index (χ3n) is 7.17. The highest BCUT2D eigenvalue weighted by Gasteiger charge is 2.40. The van der Waals surface area contributed by atoms with E-state index in [2.05, 4.69) is 9.83 Å². The number of anilines is 1. The monoisotopic (exact) mass is 547 g/mol. The van der Waals surface area contributed by atoms with Crippen LogP contribution in [0, 0.1) is 24.0 Å². The zero-order chi connectivity index (χ0) is 28.6. The van der Waals surface area contributed by atoms with E-state index in [1.54, 1.807) is 29.2 Å². The van der Waals surface area contributed by atoms with Gasteiger partial charge in [0.15, 0.2) is 0 Å². The van der Waals surface area contributed by atoms with Crippen LogP contribution in [0.5, 0.6) is 0 Å². The predicted octanol–water partition coefficient (Wildman–Crippen LogP) is 4.35. The van der Waals surface area contributed by atoms with Crippen LogP contribution in [0.25, 0.3) is 15.9 Å². The average molecular weight is 548 g/mol. The van der Waals surface area contributed by atoms with E-state index in [9.17, 15) is 18.4 Å². The van der Waals surface area contributed by atoms with E-state index in [0.29, 0.717) is 16.6 Å². The number of halogens is 3. The van der Waals surface area contributed by atoms with Crippen LogP contribution in [0.4, 0.5) is 24.7 Å². The minimum Gasteiger partial charge on any atom is -0.468 e. The molecule has 4 aromatic rings. The van der Waals surface area contributed by atoms with Crippen LogP contribution in [0.3, 0.4) is 0 Å². The Morgan fingerprint density at radius 3 is 2.15 bits per heavy atom. The van der Waals surface area contributed by atoms with Gasteiger partial charge in [0.05, 0.1) is 18.7 Å². The molecule has 0 aliphatic carbocycles. The van der Waals surface area contributed by atoms with E-state index < -0.39 is 41.1 Å². The number of hydrogen-bond acceptors (Lipinski definition) is 6. The van der Waals surface area contributed by atoms with Crippen molar-refractivity contribution in [1.29, 1.82) is 0 Å². The van der Waals surface area contributed by atoms with E-state index in [1.165, 1.54) is 50.6 Å². The Kier molecular flexibility index (Phi) is 7.28. The van der Waals surface area contributed by atoms with Gasteiger partial charge in [-0.15, -0.1) is 4.98 Å². The summed E-state index contributed by atoms with van der Waals surface area (Å²) in [4.78, 5) is 37.0. The van der Waals surface area contributed by atoms with Crippen molar-refractivity contribution in [1.82, 2.24) is 14.5 Å². The molecule has 0 bridgehead atoms. The van der Waals surface area contributed by atoms with Gasteiger partial charge >= 0.3 is 5.97 Å². The number of piperazine rings is 1. The molecule has 8 nitrogen and oxygen atoms in total. The minimum atomic E-state index is -1.05. The third kappa shape index (κ3) is 4.78. The van der Waals surface area contributed by atoms with Crippen molar-refractivity contribution in [2.24, 2.45) is 7.05 Å². The van der Waals surface area contributed by atoms with Crippen molar-refractivity contribution in [3.05, 3.63) is 111 Å². The summed E-state index contributed by atoms with van der Waals surface area (Å²) in [6.45, 7) is 7.63. The first-order valence-electron chi connectivity index (χ1n) is 12.4. The number of ether oxygens (including phenoxy) is 1. The SMILES string of the molecule is [C-]#[N+]c1ccc2c(n1)c(N1CCN(C(c3ccc(F)cc3)c3ccc(F)cc3)C(C(=O)OC)C1)c(F)c(=O)n2C. The summed E-state index contributed by atoms with van der Waals surface area (Å²) in [5, 5.41) is 0. The first kappa shape index (κ1) is 26.9. The molecule has 0 spiro atoms. The van der Waals surface area contributed by atoms with Gasteiger partial charge in [-0.1, -0.05) is 30.8 Å². The molecule has 1 atom stereocenters. The second-order valence-electron chi connectivity index (χ2n) is 9.40. The molecule has 0 radical (unpaired) electrons. The number of aromatic nitrogens is 2. The van der Waals surface area contributed by atoms with Crippen LogP contribution in [0.2, 0.25) is 0 Å². The van der Waals surface area contributed by atoms with E-state index in [-0.39, 0.29) is 36.7 Å². The molecule has 1 aliphatic heterocycles. The molecule has 1 fully saturated rings. The zero-order valence-corrected chi connectivity index (χ0v) is 21.6. The van der Waals surface area contributed by atoms with Crippen LogP contribution in [-0.4, -0.2) is 53.2 Å². The maximum atomic E-state index is 15.6. The first-order valence-corrected chi connectivity index (χ1v) is 12.4. The van der Waals surface area contributed by atoms with Gasteiger partial charge in [0.2, 0.25) is 11.3 Å². The van der Waals surface area contributed by atoms with E-state index in [1.807, 2.05) is 4.90 Å². The smallest absolute Gasteiger partial charge is 0.324 e. The largest absolute Gasteiger partial charge is 0.468 e. The van der Waals surface area contributed by atoms with Crippen molar-refractivity contribution in [3.63, 3.8) is 0 Å². The first-order chi connectivity index (χ1) is 19.2. The van der Waals surface area contributed by atoms with Gasteiger partial charge in [-0.2, -0.15) is 4.39 Å². The lowest BCUT2D eigenvalue weighted by atomic mass is 9.94. The maximum absolute atomic E-state index is 15.6. The summed E-state index contributed by atoms with van der Waals surface area (Å²) in [7, 11) is 2.66. The highest BCUT2D eigenvalue weighted by molar-refractivity contribution is 5.90. The number of rotatable bonds is 5. The van der Waals surface area contributed by atoms with Crippen molar-refractivity contribution in [2.45, 2.75) is 12.1 Å². The minimum absolute atomic E-state index is 0.0302. The fourth-order valence-corrected chi connectivity index (χ4v) is 5.22. The Morgan fingerprint density at radius 1 is 1.00 bits per heavy atom. The quantitative estimate of drug-likeness (QED) is 0.273. The van der Waals surface area contributed by atoms with Gasteiger partial charge in [-0.05, 0) is 47.5 Å². The van der Waals surface area contributed by atoms with Crippen molar-refractivity contribution in [3.8, 4) is 0 Å². The van der Waals surface area contributed by atoms with Crippen LogP contribution in [0.15, 0.2) is 65.5 Å². The molecule has 40 heavy (non-hydrogen) atoms. The lowest BCUT2D eigenvalue weighted by molar-refractivity contribution is -0.148. The number of carbonyl (C=O) groups excluding carboxylic acids is 1. The van der Waals surface area contributed by atoms with Gasteiger partial charge in [0, 0.05) is 26.7 Å². The zero-order valence-electron chi connectivity index (χ0n) is 21.6. The molecule has 2 aromatic carbocycles. The molecular formula is C29H24F3N5O3. The molecule has 1 unspecified atom stereocenters. The normalized spacial score (nSPS) is 15.8. The Morgan fingerprint density at radius 2 is 1.60 bits per heavy atom. The summed E-state index contributed by atoms with van der Waals surface area (Å²) in [6.07, 6.45) is 0. The highest BCUT2D eigenvalue weighted by atomic mass is 19.1. The number of fused-ring (bicyclic) bond motifs is 1. The van der Waals surface area contributed by atoms with Crippen LogP contribution in [-0.2, 0) is 16.6 Å². The number of methoxy groups -OCH3 is 1. The molecule has 1 aliphatic rings. The molecular weight excluding hydrogens is 523 g/mol. The van der Waals surface area contributed by atoms with Crippen LogP contribution < -0.4 is 10.5 Å². The number of carbonyl (C=O) groups is 1. The number of esters is 1. The summed E-state index contributed by atoms with van der Waals surface area (Å²) in [5.41, 5.74) is 0.803. The number of benzene rings is 2. The third-order valence-corrected chi connectivity index (χ3v) is 7.17. The Balaban J connectivity index is 1.62. The standard InChI is InChI=1S/C29H24F3N5O3/c1-33-23-13-12-21-25(34-23)27(24(32)28(38)35(21)2)36-14-15-37(22(16-36)29(39)40-3)26(17-4-8-19(30)9-5-17)18-6-10-20(31)11-7-18/h4-13,22,26H,14-16H2,2-3H3. The second kappa shape index (κ2) is 10.8. The number of nitrogens with zero attached hydrogens (tertiary/aromatic N) is 5. The number of pyridine rings is 2. The molecule has 1 saturated heterocycles. The Labute approximate surface area is 227 Å². The number of aryl methyl sites for hydroxylation is 1. The second-order valence-corrected chi connectivity index (χ2v) is 9.40. The lowest BCUT2D eigenvalue weighted by Crippen LogP contribution is -2.58. The molecule has 0 amide bonds. The van der Waals surface area contributed by atoms with Crippen molar-refractivity contribution < 1.29 is 22.7 Å². The molecule has 0 N–H and O–H groups in total. The Hall–Kier alpha value is -4.69. The van der Waals surface area contributed by atoms with Crippen molar-refractivity contribution >= 4 is 28.5 Å². The highest BCUT2D eigenvalue weighted by Crippen LogP contribution is 2.36. The van der Waals surface area contributed by atoms with Gasteiger partial charge in [0.25, 0.3) is 11.4 Å². The van der Waals surface area contributed by atoms with Gasteiger partial charge in [-0.25, -0.2) is 8.78 Å². The average Bonchev–Trinajstić information content (AvgIpc) is 2.98. The topological polar surface area (TPSA) is 72.0 Å². The summed E-state index contributed by atoms with van der Waals surface area (Å²) >= 11 is 0. The van der Waals surface area contributed by atoms with Crippen LogP contribution in [0.1, 0.15) is 17.2 Å². The number of hydrogen-bond donors (Lipinski definition) is 0. The summed E-state index contributed by atoms with van der Waals surface area (Å²) < 4.78 is 49.4. The van der Waals surface area contributed by atoms with Crippen molar-refractivity contribution in [2.75, 3.05) is 31.6 Å². The van der Waals surface area contributed by atoms with Gasteiger partial charge in [-0.3, -0.25) is 14.5 Å². The molecule has 204 valence electrons. The molecule has 2 aromatic heterocycles. The fraction of sp³-hybridized carbons (Fsp3) is 0.241. The molecule has 5 rings (SSSR count). The van der Waals surface area contributed by atoms with Gasteiger partial charge < -0.3 is 19.0 Å². The van der Waals surface area contributed by atoms with Gasteiger partial charge in [0.1, 0.15) is 23.4 Å². The Bertz CT molecular complexity index is 1640. The predicted molar refractivity (Wildman–Crippen MR) is 143 cm³/mol. The maximum Gasteiger partial charge on any atom is 0.324 e. The summed E-state index contributed by atoms with van der Waals surface area (Å²) in [6, 6.07) is 13.0. The lowest BCUT2D eigenvalue weighted by Gasteiger charge is -2.44. The molecule has 0 saturated carbocycles. The molecule has 3 heterocycles. The fourth-order valence-electron chi connectivity index (χ4n) is 5.22. The summed E-state index contributed by atoms with van der Waals surface area (Å²) in [5.74, 6) is -2.49. The van der Waals surface area contributed by atoms with E-state index in [4.69, 9.17) is 11.3 Å². The van der Waals surface area contributed by atoms with E-state index >= 15 is 4.39 Å². The van der Waals surface area contributed by atoms with E-state index in [0.717, 1.165) is 4.57 Å². The molecule has 11 heteroatoms. The van der Waals surface area contributed by atoms with Crippen LogP contribution >= 0.6 is 0 Å².